The zero-order valence-electron chi connectivity index (χ0n) is 13.2. The van der Waals surface area contributed by atoms with Gasteiger partial charge in [-0.25, -0.2) is 0 Å². The van der Waals surface area contributed by atoms with Gasteiger partial charge in [-0.1, -0.05) is 35.9 Å². The van der Waals surface area contributed by atoms with Crippen molar-refractivity contribution in [3.63, 3.8) is 0 Å². The van der Waals surface area contributed by atoms with E-state index < -0.39 is 0 Å². The summed E-state index contributed by atoms with van der Waals surface area (Å²) in [5.41, 5.74) is 3.45. The third-order valence-corrected chi connectivity index (χ3v) is 5.82. The Morgan fingerprint density at radius 1 is 1.13 bits per heavy atom. The summed E-state index contributed by atoms with van der Waals surface area (Å²) in [7, 11) is 0. The highest BCUT2D eigenvalue weighted by Crippen LogP contribution is 2.36. The van der Waals surface area contributed by atoms with Crippen LogP contribution in [-0.2, 0) is 0 Å². The Morgan fingerprint density at radius 2 is 1.87 bits per heavy atom. The molecule has 4 heteroatoms. The van der Waals surface area contributed by atoms with E-state index >= 15 is 0 Å². The Morgan fingerprint density at radius 3 is 2.61 bits per heavy atom. The molecular weight excluding hydrogens is 326 g/mol. The van der Waals surface area contributed by atoms with Crippen molar-refractivity contribution in [2.24, 2.45) is 0 Å². The summed E-state index contributed by atoms with van der Waals surface area (Å²) in [6.45, 7) is 3.76. The lowest BCUT2D eigenvalue weighted by Crippen LogP contribution is -2.32. The Kier molecular flexibility index (Phi) is 5.29. The Balaban J connectivity index is 1.70. The fourth-order valence-corrected chi connectivity index (χ4v) is 4.40. The number of halogens is 1. The van der Waals surface area contributed by atoms with Crippen LogP contribution in [0.2, 0.25) is 5.02 Å². The van der Waals surface area contributed by atoms with Crippen LogP contribution in [0, 0.1) is 6.92 Å². The van der Waals surface area contributed by atoms with E-state index in [1.54, 1.807) is 12.1 Å². The van der Waals surface area contributed by atoms with E-state index in [9.17, 15) is 4.79 Å². The topological polar surface area (TPSA) is 20.3 Å². The third kappa shape index (κ3) is 3.91. The lowest BCUT2D eigenvalue weighted by molar-refractivity contribution is 0.0766. The molecule has 2 aromatic rings. The fourth-order valence-electron chi connectivity index (χ4n) is 2.94. The highest BCUT2D eigenvalue weighted by atomic mass is 35.5. The molecule has 120 valence electrons. The van der Waals surface area contributed by atoms with Gasteiger partial charge in [0.2, 0.25) is 0 Å². The molecule has 1 atom stereocenters. The van der Waals surface area contributed by atoms with Gasteiger partial charge < -0.3 is 4.90 Å². The maximum Gasteiger partial charge on any atom is 0.253 e. The first-order chi connectivity index (χ1) is 11.1. The van der Waals surface area contributed by atoms with Gasteiger partial charge in [-0.3, -0.25) is 4.79 Å². The fraction of sp³-hybridized carbons (Fsp3) is 0.316. The highest BCUT2D eigenvalue weighted by Gasteiger charge is 2.23. The molecule has 1 unspecified atom stereocenters. The van der Waals surface area contributed by atoms with Gasteiger partial charge in [0.25, 0.3) is 5.91 Å². The Labute approximate surface area is 146 Å². The minimum absolute atomic E-state index is 0.104. The number of carbonyl (C=O) groups excluding carboxylic acids is 1. The number of hydrogen-bond acceptors (Lipinski definition) is 2. The zero-order chi connectivity index (χ0) is 16.2. The summed E-state index contributed by atoms with van der Waals surface area (Å²) in [4.78, 5) is 14.6. The summed E-state index contributed by atoms with van der Waals surface area (Å²) in [6, 6.07) is 15.7. The SMILES string of the molecule is Cc1ccccc1C1CCN(C(=O)c2ccc(Cl)cc2)CCS1. The molecule has 1 saturated heterocycles. The molecule has 3 rings (SSSR count). The van der Waals surface area contributed by atoms with Gasteiger partial charge in [-0.2, -0.15) is 11.8 Å². The predicted octanol–water partition coefficient (Wildman–Crippen LogP) is 4.97. The molecule has 1 aliphatic rings. The van der Waals surface area contributed by atoms with E-state index in [0.717, 1.165) is 25.3 Å². The number of aryl methyl sites for hydroxylation is 1. The molecule has 1 amide bonds. The first kappa shape index (κ1) is 16.4. The van der Waals surface area contributed by atoms with E-state index in [0.29, 0.717) is 15.8 Å². The average molecular weight is 346 g/mol. The molecule has 0 N–H and O–H groups in total. The maximum absolute atomic E-state index is 12.6. The van der Waals surface area contributed by atoms with Crippen LogP contribution in [0.15, 0.2) is 48.5 Å². The number of thioether (sulfide) groups is 1. The highest BCUT2D eigenvalue weighted by molar-refractivity contribution is 7.99. The molecule has 0 bridgehead atoms. The summed E-state index contributed by atoms with van der Waals surface area (Å²) < 4.78 is 0. The molecule has 1 heterocycles. The molecular formula is C19H20ClNOS. The molecule has 0 radical (unpaired) electrons. The van der Waals surface area contributed by atoms with E-state index in [4.69, 9.17) is 11.6 Å². The maximum atomic E-state index is 12.6. The van der Waals surface area contributed by atoms with Gasteiger partial charge in [0.1, 0.15) is 0 Å². The van der Waals surface area contributed by atoms with Gasteiger partial charge in [0.15, 0.2) is 0 Å². The first-order valence-corrected chi connectivity index (χ1v) is 9.30. The number of hydrogen-bond donors (Lipinski definition) is 0. The molecule has 0 saturated carbocycles. The second-order valence-corrected chi connectivity index (χ2v) is 7.55. The van der Waals surface area contributed by atoms with Crippen LogP contribution in [0.25, 0.3) is 0 Å². The minimum Gasteiger partial charge on any atom is -0.338 e. The molecule has 2 nitrogen and oxygen atoms in total. The van der Waals surface area contributed by atoms with Crippen LogP contribution in [0.4, 0.5) is 0 Å². The number of nitrogens with zero attached hydrogens (tertiary/aromatic N) is 1. The van der Waals surface area contributed by atoms with Crippen LogP contribution >= 0.6 is 23.4 Å². The van der Waals surface area contributed by atoms with Crippen molar-refractivity contribution >= 4 is 29.3 Å². The normalized spacial score (nSPS) is 18.5. The van der Waals surface area contributed by atoms with Crippen LogP contribution in [0.5, 0.6) is 0 Å². The molecule has 2 aromatic carbocycles. The minimum atomic E-state index is 0.104. The van der Waals surface area contributed by atoms with Crippen LogP contribution in [0.3, 0.4) is 0 Å². The van der Waals surface area contributed by atoms with E-state index in [2.05, 4.69) is 31.2 Å². The van der Waals surface area contributed by atoms with Crippen LogP contribution in [0.1, 0.15) is 33.2 Å². The average Bonchev–Trinajstić information content (AvgIpc) is 2.81. The number of rotatable bonds is 2. The molecule has 1 aliphatic heterocycles. The van der Waals surface area contributed by atoms with Crippen molar-refractivity contribution in [2.75, 3.05) is 18.8 Å². The quantitative estimate of drug-likeness (QED) is 0.766. The van der Waals surface area contributed by atoms with Crippen molar-refractivity contribution < 1.29 is 4.79 Å². The molecule has 1 fully saturated rings. The smallest absolute Gasteiger partial charge is 0.253 e. The van der Waals surface area contributed by atoms with Gasteiger partial charge in [-0.05, 0) is 48.7 Å². The third-order valence-electron chi connectivity index (χ3n) is 4.26. The van der Waals surface area contributed by atoms with Crippen LogP contribution in [-0.4, -0.2) is 29.6 Å². The summed E-state index contributed by atoms with van der Waals surface area (Å²) in [6.07, 6.45) is 0.995. The van der Waals surface area contributed by atoms with Gasteiger partial charge in [0.05, 0.1) is 0 Å². The zero-order valence-corrected chi connectivity index (χ0v) is 14.7. The molecule has 0 spiro atoms. The van der Waals surface area contributed by atoms with E-state index in [1.807, 2.05) is 28.8 Å². The Bertz CT molecular complexity index is 686. The molecule has 0 aromatic heterocycles. The second-order valence-electron chi connectivity index (χ2n) is 5.80. The summed E-state index contributed by atoms with van der Waals surface area (Å²) in [5.74, 6) is 1.07. The van der Waals surface area contributed by atoms with Crippen molar-refractivity contribution in [2.45, 2.75) is 18.6 Å². The second kappa shape index (κ2) is 7.41. The number of amides is 1. The van der Waals surface area contributed by atoms with Crippen molar-refractivity contribution in [1.82, 2.24) is 4.90 Å². The first-order valence-electron chi connectivity index (χ1n) is 7.87. The van der Waals surface area contributed by atoms with Gasteiger partial charge >= 0.3 is 0 Å². The van der Waals surface area contributed by atoms with Crippen molar-refractivity contribution in [3.8, 4) is 0 Å². The van der Waals surface area contributed by atoms with Crippen molar-refractivity contribution in [1.29, 1.82) is 0 Å². The summed E-state index contributed by atoms with van der Waals surface area (Å²) in [5, 5.41) is 1.13. The van der Waals surface area contributed by atoms with Crippen LogP contribution < -0.4 is 0 Å². The van der Waals surface area contributed by atoms with E-state index in [1.165, 1.54) is 11.1 Å². The summed E-state index contributed by atoms with van der Waals surface area (Å²) >= 11 is 7.86. The van der Waals surface area contributed by atoms with E-state index in [-0.39, 0.29) is 5.91 Å². The monoisotopic (exact) mass is 345 g/mol. The lowest BCUT2D eigenvalue weighted by atomic mass is 10.0. The lowest BCUT2D eigenvalue weighted by Gasteiger charge is -2.20. The molecule has 0 aliphatic carbocycles. The number of carbonyl (C=O) groups is 1. The molecule has 23 heavy (non-hydrogen) atoms. The largest absolute Gasteiger partial charge is 0.338 e. The predicted molar refractivity (Wildman–Crippen MR) is 98.4 cm³/mol. The number of benzene rings is 2. The van der Waals surface area contributed by atoms with Gasteiger partial charge in [-0.15, -0.1) is 0 Å². The van der Waals surface area contributed by atoms with Crippen molar-refractivity contribution in [3.05, 3.63) is 70.2 Å². The van der Waals surface area contributed by atoms with Gasteiger partial charge in [0, 0.05) is 34.7 Å². The Hall–Kier alpha value is -1.45. The standard InChI is InChI=1S/C19H20ClNOS/c1-14-4-2-3-5-17(14)18-10-11-21(12-13-23-18)19(22)15-6-8-16(20)9-7-15/h2-9,18H,10-13H2,1H3.